The van der Waals surface area contributed by atoms with E-state index in [0.29, 0.717) is 0 Å². The fourth-order valence-corrected chi connectivity index (χ4v) is 27.3. The van der Waals surface area contributed by atoms with Gasteiger partial charge in [0.25, 0.3) is 0 Å². The monoisotopic (exact) mass is 295 g/mol. The fourth-order valence-electron chi connectivity index (χ4n) is 2.07. The third-order valence-corrected chi connectivity index (χ3v) is 28.6. The van der Waals surface area contributed by atoms with E-state index in [9.17, 15) is 0 Å². The van der Waals surface area contributed by atoms with Crippen LogP contribution >= 0.6 is 0 Å². The molecule has 3 heteroatoms. The second-order valence-electron chi connectivity index (χ2n) is 5.39. The molecular weight excluding hydrogens is 274 g/mol. The molecule has 0 bridgehead atoms. The summed E-state index contributed by atoms with van der Waals surface area (Å²) < 4.78 is 1.24. The zero-order valence-electron chi connectivity index (χ0n) is 9.02. The van der Waals surface area contributed by atoms with Crippen LogP contribution in [-0.4, -0.2) is 37.8 Å². The van der Waals surface area contributed by atoms with Crippen molar-refractivity contribution in [2.24, 2.45) is 0 Å². The molecule has 0 aromatic heterocycles. The van der Waals surface area contributed by atoms with Crippen molar-refractivity contribution >= 4 is 37.8 Å². The number of hydrogen-bond donors (Lipinski definition) is 0. The fraction of sp³-hybridized carbons (Fsp3) is 1.00. The minimum absolute atomic E-state index is 0.150. The van der Waals surface area contributed by atoms with Crippen molar-refractivity contribution < 1.29 is 0 Å². The molecule has 0 aliphatic carbocycles. The quantitative estimate of drug-likeness (QED) is 0.701. The summed E-state index contributed by atoms with van der Waals surface area (Å²) in [6.07, 6.45) is 0. The van der Waals surface area contributed by atoms with Gasteiger partial charge < -0.3 is 0 Å². The molecule has 11 heavy (non-hydrogen) atoms. The van der Waals surface area contributed by atoms with Crippen LogP contribution in [0.4, 0.5) is 0 Å². The van der Waals surface area contributed by atoms with Gasteiger partial charge in [0.1, 0.15) is 0 Å². The maximum atomic E-state index is 2.55. The molecule has 0 aromatic rings. The summed E-state index contributed by atoms with van der Waals surface area (Å²) in [5.41, 5.74) is 0. The summed E-state index contributed by atoms with van der Waals surface area (Å²) in [5, 5.41) is 0. The van der Waals surface area contributed by atoms with E-state index >= 15 is 0 Å². The Bertz CT molecular complexity index is 107. The van der Waals surface area contributed by atoms with Gasteiger partial charge in [0.2, 0.25) is 0 Å². The predicted octanol–water partition coefficient (Wildman–Crippen LogP) is 3.28. The van der Waals surface area contributed by atoms with Gasteiger partial charge in [-0.1, -0.05) is 0 Å². The molecule has 0 aliphatic rings. The molecule has 0 spiro atoms. The van der Waals surface area contributed by atoms with Crippen LogP contribution in [0.1, 0.15) is 0 Å². The Morgan fingerprint density at radius 3 is 1.09 bits per heavy atom. The van der Waals surface area contributed by atoms with Gasteiger partial charge in [-0.05, 0) is 0 Å². The van der Waals surface area contributed by atoms with Gasteiger partial charge in [-0.2, -0.15) is 0 Å². The Kier molecular flexibility index (Phi) is 4.43. The van der Waals surface area contributed by atoms with Gasteiger partial charge in [0, 0.05) is 0 Å². The van der Waals surface area contributed by atoms with Crippen molar-refractivity contribution in [1.29, 1.82) is 0 Å². The summed E-state index contributed by atoms with van der Waals surface area (Å²) in [4.78, 5) is 2.51. The molecule has 0 rings (SSSR count). The minimum atomic E-state index is -0.794. The normalized spacial score (nSPS) is 14.2. The molecule has 67 valence electrons. The average molecular weight is 296 g/mol. The molecule has 0 aromatic carbocycles. The first-order valence-corrected chi connectivity index (χ1v) is 15.5. The van der Waals surface area contributed by atoms with E-state index in [-0.39, 0.29) is 21.6 Å². The van der Waals surface area contributed by atoms with Crippen LogP contribution < -0.4 is 0 Å². The first-order valence-electron chi connectivity index (χ1n) is 4.28. The Balaban J connectivity index is 4.43. The van der Waals surface area contributed by atoms with Gasteiger partial charge >= 0.3 is 85.0 Å². The average Bonchev–Trinajstić information content (AvgIpc) is 1.56. The van der Waals surface area contributed by atoms with Crippen molar-refractivity contribution in [3.63, 3.8) is 0 Å². The molecule has 1 radical (unpaired) electrons. The van der Waals surface area contributed by atoms with Gasteiger partial charge in [0.05, 0.1) is 0 Å². The van der Waals surface area contributed by atoms with Crippen LogP contribution in [0.25, 0.3) is 0 Å². The van der Waals surface area contributed by atoms with E-state index in [2.05, 4.69) is 44.2 Å². The molecule has 0 N–H and O–H groups in total. The Morgan fingerprint density at radius 2 is 1.09 bits per heavy atom. The number of rotatable bonds is 3. The summed E-state index contributed by atoms with van der Waals surface area (Å²) in [7, 11) is -1.59. The van der Waals surface area contributed by atoms with Crippen molar-refractivity contribution in [3.8, 4) is 0 Å². The van der Waals surface area contributed by atoms with Crippen molar-refractivity contribution in [1.82, 2.24) is 0 Å². The summed E-state index contributed by atoms with van der Waals surface area (Å²) in [5.74, 6) is 0. The maximum absolute atomic E-state index is 2.55. The molecule has 0 atom stereocenters. The molecule has 0 nitrogen and oxygen atoms in total. The summed E-state index contributed by atoms with van der Waals surface area (Å²) in [6.45, 7) is 15.3. The molecule has 0 saturated carbocycles. The third-order valence-electron chi connectivity index (χ3n) is 1.90. The van der Waals surface area contributed by atoms with Gasteiger partial charge in [-0.3, -0.25) is 0 Å². The third kappa shape index (κ3) is 4.14. The molecular formula is C8H22SbSi2. The summed E-state index contributed by atoms with van der Waals surface area (Å²) >= 11 is 0.150. The molecule has 0 fully saturated rings. The van der Waals surface area contributed by atoms with E-state index in [1.165, 1.54) is 3.11 Å². The first kappa shape index (κ1) is 12.3. The zero-order chi connectivity index (χ0) is 9.28. The molecule has 0 unspecified atom stereocenters. The van der Waals surface area contributed by atoms with E-state index in [4.69, 9.17) is 0 Å². The molecule has 0 amide bonds. The van der Waals surface area contributed by atoms with Crippen molar-refractivity contribution in [2.45, 2.75) is 47.3 Å². The van der Waals surface area contributed by atoms with Crippen LogP contribution in [-0.2, 0) is 0 Å². The van der Waals surface area contributed by atoms with Gasteiger partial charge in [-0.15, -0.1) is 0 Å². The van der Waals surface area contributed by atoms with Gasteiger partial charge in [0.15, 0.2) is 0 Å². The molecule has 0 heterocycles. The Hall–Kier alpha value is 1.25. The second-order valence-corrected chi connectivity index (χ2v) is 22.4. The van der Waals surface area contributed by atoms with Crippen LogP contribution in [0.3, 0.4) is 0 Å². The Morgan fingerprint density at radius 1 is 0.818 bits per heavy atom. The summed E-state index contributed by atoms with van der Waals surface area (Å²) in [6, 6.07) is 0. The van der Waals surface area contributed by atoms with E-state index in [1.807, 2.05) is 0 Å². The van der Waals surface area contributed by atoms with Crippen LogP contribution in [0.5, 0.6) is 0 Å². The second kappa shape index (κ2) is 3.97. The molecule has 0 aliphatic heterocycles. The van der Waals surface area contributed by atoms with Crippen molar-refractivity contribution in [3.05, 3.63) is 0 Å². The number of hydrogen-bond acceptors (Lipinski definition) is 0. The van der Waals surface area contributed by atoms with Crippen molar-refractivity contribution in [2.75, 3.05) is 0 Å². The zero-order valence-corrected chi connectivity index (χ0v) is 13.6. The van der Waals surface area contributed by atoms with E-state index in [1.54, 1.807) is 0 Å². The first-order chi connectivity index (χ1) is 4.69. The SMILES string of the molecule is [CH3][Sb][CH]([Si](C)(C)C)[Si](C)(C)C. The molecule has 0 saturated heterocycles. The van der Waals surface area contributed by atoms with Crippen LogP contribution in [0, 0.1) is 0 Å². The standard InChI is InChI=1S/C7H19Si2.CH3.Sb/c1-8(2,3)7-9(4,5)6;;/h7H,1-6H3;1H3;. The topological polar surface area (TPSA) is 0 Å². The van der Waals surface area contributed by atoms with Crippen LogP contribution in [0.2, 0.25) is 47.3 Å². The Labute approximate surface area is 84.7 Å². The van der Waals surface area contributed by atoms with E-state index in [0.717, 1.165) is 0 Å². The van der Waals surface area contributed by atoms with Gasteiger partial charge in [-0.25, -0.2) is 0 Å². The van der Waals surface area contributed by atoms with E-state index < -0.39 is 16.1 Å². The van der Waals surface area contributed by atoms with Crippen LogP contribution in [0.15, 0.2) is 0 Å². The predicted molar refractivity (Wildman–Crippen MR) is 62.1 cm³/mol.